The summed E-state index contributed by atoms with van der Waals surface area (Å²) < 4.78 is 6.98. The largest absolute Gasteiger partial charge is 0.384 e. The zero-order valence-corrected chi connectivity index (χ0v) is 8.47. The summed E-state index contributed by atoms with van der Waals surface area (Å²) in [6, 6.07) is 0. The van der Waals surface area contributed by atoms with Gasteiger partial charge in [-0.3, -0.25) is 0 Å². The highest BCUT2D eigenvalue weighted by atomic mass is 16.5. The molecule has 14 heavy (non-hydrogen) atoms. The molecule has 1 saturated carbocycles. The van der Waals surface area contributed by atoms with Gasteiger partial charge in [0.05, 0.1) is 17.5 Å². The minimum absolute atomic E-state index is 0.407. The maximum absolute atomic E-state index is 10.1. The molecule has 0 saturated heterocycles. The van der Waals surface area contributed by atoms with E-state index in [1.165, 1.54) is 0 Å². The van der Waals surface area contributed by atoms with Gasteiger partial charge in [-0.05, 0) is 19.3 Å². The minimum Gasteiger partial charge on any atom is -0.384 e. The summed E-state index contributed by atoms with van der Waals surface area (Å²) in [5, 5.41) is 17.7. The van der Waals surface area contributed by atoms with Crippen LogP contribution in [0.25, 0.3) is 0 Å². The molecule has 0 aromatic carbocycles. The number of nitrogens with zero attached hydrogens (tertiary/aromatic N) is 3. The Morgan fingerprint density at radius 1 is 1.64 bits per heavy atom. The second-order valence-corrected chi connectivity index (χ2v) is 3.81. The van der Waals surface area contributed by atoms with E-state index in [4.69, 9.17) is 4.74 Å². The van der Waals surface area contributed by atoms with Gasteiger partial charge in [0.1, 0.15) is 6.10 Å². The smallest absolute Gasteiger partial charge is 0.126 e. The van der Waals surface area contributed by atoms with Crippen LogP contribution in [-0.2, 0) is 11.8 Å². The maximum atomic E-state index is 10.1. The van der Waals surface area contributed by atoms with Gasteiger partial charge in [-0.2, -0.15) is 0 Å². The van der Waals surface area contributed by atoms with Crippen LogP contribution in [0, 0.1) is 0 Å². The number of aliphatic hydroxyl groups is 1. The molecule has 78 valence electrons. The molecule has 1 atom stereocenters. The minimum atomic E-state index is -0.624. The Morgan fingerprint density at radius 3 is 2.71 bits per heavy atom. The topological polar surface area (TPSA) is 60.2 Å². The molecule has 5 heteroatoms. The van der Waals surface area contributed by atoms with Crippen molar-refractivity contribution in [3.8, 4) is 0 Å². The van der Waals surface area contributed by atoms with E-state index >= 15 is 0 Å². The van der Waals surface area contributed by atoms with Gasteiger partial charge in [0.15, 0.2) is 0 Å². The summed E-state index contributed by atoms with van der Waals surface area (Å²) in [7, 11) is 3.42. The average Bonchev–Trinajstić information content (AvgIpc) is 2.50. The molecule has 5 nitrogen and oxygen atoms in total. The monoisotopic (exact) mass is 197 g/mol. The molecule has 1 N–H and O–H groups in total. The normalized spacial score (nSPS) is 21.6. The fraction of sp³-hybridized carbons (Fsp3) is 0.778. The summed E-state index contributed by atoms with van der Waals surface area (Å²) in [5.74, 6) is 0. The van der Waals surface area contributed by atoms with Crippen molar-refractivity contribution in [1.82, 2.24) is 15.0 Å². The molecular formula is C9H15N3O2. The van der Waals surface area contributed by atoms with Crippen molar-refractivity contribution in [2.45, 2.75) is 31.0 Å². The SMILES string of the molecule is COC1(C(O)c2cnnn2C)CCC1. The Balaban J connectivity index is 2.22. The van der Waals surface area contributed by atoms with Crippen LogP contribution in [-0.4, -0.2) is 32.8 Å². The summed E-state index contributed by atoms with van der Waals surface area (Å²) in [4.78, 5) is 0. The van der Waals surface area contributed by atoms with Crippen molar-refractivity contribution in [3.63, 3.8) is 0 Å². The van der Waals surface area contributed by atoms with Gasteiger partial charge in [-0.25, -0.2) is 4.68 Å². The summed E-state index contributed by atoms with van der Waals surface area (Å²) in [6.45, 7) is 0. The van der Waals surface area contributed by atoms with Gasteiger partial charge < -0.3 is 9.84 Å². The number of hydrogen-bond acceptors (Lipinski definition) is 4. The van der Waals surface area contributed by atoms with E-state index < -0.39 is 11.7 Å². The first kappa shape index (κ1) is 9.61. The van der Waals surface area contributed by atoms with Crippen molar-refractivity contribution in [1.29, 1.82) is 0 Å². The predicted octanol–water partition coefficient (Wildman–Crippen LogP) is 0.418. The van der Waals surface area contributed by atoms with Crippen LogP contribution < -0.4 is 0 Å². The second-order valence-electron chi connectivity index (χ2n) is 3.81. The zero-order valence-electron chi connectivity index (χ0n) is 8.47. The lowest BCUT2D eigenvalue weighted by atomic mass is 9.75. The number of aryl methyl sites for hydroxylation is 1. The van der Waals surface area contributed by atoms with Crippen molar-refractivity contribution in [2.24, 2.45) is 7.05 Å². The third-order valence-electron chi connectivity index (χ3n) is 3.13. The van der Waals surface area contributed by atoms with E-state index in [2.05, 4.69) is 10.3 Å². The Labute approximate surface area is 82.7 Å². The first-order valence-corrected chi connectivity index (χ1v) is 4.77. The predicted molar refractivity (Wildman–Crippen MR) is 49.6 cm³/mol. The van der Waals surface area contributed by atoms with Crippen LogP contribution in [0.5, 0.6) is 0 Å². The molecular weight excluding hydrogens is 182 g/mol. The molecule has 2 rings (SSSR count). The molecule has 0 radical (unpaired) electrons. The van der Waals surface area contributed by atoms with Crippen LogP contribution in [0.1, 0.15) is 31.1 Å². The van der Waals surface area contributed by atoms with Gasteiger partial charge >= 0.3 is 0 Å². The Bertz CT molecular complexity index is 314. The number of methoxy groups -OCH3 is 1. The average molecular weight is 197 g/mol. The maximum Gasteiger partial charge on any atom is 0.126 e. The molecule has 1 aliphatic carbocycles. The lowest BCUT2D eigenvalue weighted by Gasteiger charge is -2.43. The molecule has 1 aromatic rings. The zero-order chi connectivity index (χ0) is 10.2. The van der Waals surface area contributed by atoms with Crippen LogP contribution in [0.15, 0.2) is 6.20 Å². The van der Waals surface area contributed by atoms with Crippen LogP contribution in [0.4, 0.5) is 0 Å². The lowest BCUT2D eigenvalue weighted by molar-refractivity contribution is -0.154. The Morgan fingerprint density at radius 2 is 2.36 bits per heavy atom. The highest BCUT2D eigenvalue weighted by Crippen LogP contribution is 2.44. The molecule has 1 fully saturated rings. The quantitative estimate of drug-likeness (QED) is 0.762. The third kappa shape index (κ3) is 1.24. The molecule has 0 aliphatic heterocycles. The Hall–Kier alpha value is -0.940. The standard InChI is InChI=1S/C9H15N3O2/c1-12-7(6-10-11-12)8(13)9(14-2)4-3-5-9/h6,8,13H,3-5H2,1-2H3. The number of ether oxygens (including phenoxy) is 1. The second kappa shape index (κ2) is 3.33. The van der Waals surface area contributed by atoms with E-state index in [0.29, 0.717) is 5.69 Å². The highest BCUT2D eigenvalue weighted by Gasteiger charge is 2.45. The van der Waals surface area contributed by atoms with E-state index in [1.54, 1.807) is 25.0 Å². The van der Waals surface area contributed by atoms with Gasteiger partial charge in [0.25, 0.3) is 0 Å². The third-order valence-corrected chi connectivity index (χ3v) is 3.13. The fourth-order valence-electron chi connectivity index (χ4n) is 1.93. The highest BCUT2D eigenvalue weighted by molar-refractivity contribution is 5.09. The van der Waals surface area contributed by atoms with Gasteiger partial charge in [-0.1, -0.05) is 5.21 Å². The molecule has 0 bridgehead atoms. The molecule has 1 aromatic heterocycles. The van der Waals surface area contributed by atoms with Crippen molar-refractivity contribution < 1.29 is 9.84 Å². The van der Waals surface area contributed by atoms with E-state index in [-0.39, 0.29) is 0 Å². The first-order chi connectivity index (χ1) is 6.69. The summed E-state index contributed by atoms with van der Waals surface area (Å²) in [6.07, 6.45) is 3.87. The Kier molecular flexibility index (Phi) is 2.28. The molecule has 1 unspecified atom stereocenters. The van der Waals surface area contributed by atoms with E-state index in [9.17, 15) is 5.11 Å². The number of rotatable bonds is 3. The van der Waals surface area contributed by atoms with Gasteiger partial charge in [0, 0.05) is 14.2 Å². The van der Waals surface area contributed by atoms with Crippen LogP contribution in [0.2, 0.25) is 0 Å². The van der Waals surface area contributed by atoms with Crippen molar-refractivity contribution >= 4 is 0 Å². The van der Waals surface area contributed by atoms with E-state index in [1.807, 2.05) is 0 Å². The van der Waals surface area contributed by atoms with Crippen LogP contribution >= 0.6 is 0 Å². The number of aliphatic hydroxyl groups excluding tert-OH is 1. The number of hydrogen-bond donors (Lipinski definition) is 1. The van der Waals surface area contributed by atoms with Gasteiger partial charge in [0.2, 0.25) is 0 Å². The molecule has 0 amide bonds. The van der Waals surface area contributed by atoms with Gasteiger partial charge in [-0.15, -0.1) is 5.10 Å². The van der Waals surface area contributed by atoms with Crippen molar-refractivity contribution in [3.05, 3.63) is 11.9 Å². The summed E-state index contributed by atoms with van der Waals surface area (Å²) in [5.41, 5.74) is 0.307. The molecule has 0 spiro atoms. The lowest BCUT2D eigenvalue weighted by Crippen LogP contribution is -2.45. The first-order valence-electron chi connectivity index (χ1n) is 4.77. The van der Waals surface area contributed by atoms with E-state index in [0.717, 1.165) is 19.3 Å². The molecule has 1 heterocycles. The molecule has 1 aliphatic rings. The fourth-order valence-corrected chi connectivity index (χ4v) is 1.93. The van der Waals surface area contributed by atoms with Crippen molar-refractivity contribution in [2.75, 3.05) is 7.11 Å². The number of aromatic nitrogens is 3. The van der Waals surface area contributed by atoms with Crippen LogP contribution in [0.3, 0.4) is 0 Å². The summed E-state index contributed by atoms with van der Waals surface area (Å²) >= 11 is 0.